The van der Waals surface area contributed by atoms with Gasteiger partial charge in [-0.15, -0.1) is 0 Å². The lowest BCUT2D eigenvalue weighted by Gasteiger charge is -2.46. The molecule has 136 valence electrons. The van der Waals surface area contributed by atoms with Gasteiger partial charge in [0.25, 0.3) is 0 Å². The molecule has 2 fully saturated rings. The van der Waals surface area contributed by atoms with Crippen molar-refractivity contribution < 1.29 is 35.0 Å². The monoisotopic (exact) mass is 337 g/mol. The van der Waals surface area contributed by atoms with Crippen LogP contribution in [0.15, 0.2) is 0 Å². The molecule has 11 N–H and O–H groups in total. The lowest BCUT2D eigenvalue weighted by atomic mass is 9.84. The van der Waals surface area contributed by atoms with Crippen LogP contribution in [0.4, 0.5) is 0 Å². The van der Waals surface area contributed by atoms with E-state index in [9.17, 15) is 25.5 Å². The Balaban J connectivity index is 2.11. The first-order valence-corrected chi connectivity index (χ1v) is 7.63. The summed E-state index contributed by atoms with van der Waals surface area (Å²) >= 11 is 0. The van der Waals surface area contributed by atoms with E-state index in [-0.39, 0.29) is 6.42 Å². The van der Waals surface area contributed by atoms with Crippen molar-refractivity contribution in [1.82, 2.24) is 0 Å². The quantitative estimate of drug-likeness (QED) is 0.247. The van der Waals surface area contributed by atoms with Gasteiger partial charge in [0.05, 0.1) is 18.2 Å². The van der Waals surface area contributed by atoms with Gasteiger partial charge in [-0.3, -0.25) is 0 Å². The lowest BCUT2D eigenvalue weighted by Crippen LogP contribution is -2.67. The molecule has 10 heteroatoms. The van der Waals surface area contributed by atoms with Crippen LogP contribution in [0.25, 0.3) is 0 Å². The number of rotatable bonds is 3. The van der Waals surface area contributed by atoms with Gasteiger partial charge in [0.15, 0.2) is 6.29 Å². The molecule has 11 atom stereocenters. The van der Waals surface area contributed by atoms with Crippen LogP contribution in [0.1, 0.15) is 13.3 Å². The SMILES string of the molecule is CC(O)C1O[C@H](O[C@@H]2C(N)C[C@@H](N)[C@@H](O)C2O)C(N)[C@@H](O)[C@@H]1O. The third-order valence-corrected chi connectivity index (χ3v) is 4.54. The van der Waals surface area contributed by atoms with E-state index in [1.807, 2.05) is 0 Å². The predicted octanol–water partition coefficient (Wildman–Crippen LogP) is -4.69. The molecule has 2 aliphatic rings. The molecule has 2 rings (SSSR count). The zero-order valence-corrected chi connectivity index (χ0v) is 12.8. The molecular weight excluding hydrogens is 310 g/mol. The first-order valence-electron chi connectivity index (χ1n) is 7.63. The van der Waals surface area contributed by atoms with Gasteiger partial charge in [-0.2, -0.15) is 0 Å². The van der Waals surface area contributed by atoms with E-state index < -0.39 is 67.1 Å². The molecule has 5 unspecified atom stereocenters. The minimum Gasteiger partial charge on any atom is -0.391 e. The van der Waals surface area contributed by atoms with Crippen LogP contribution in [-0.2, 0) is 9.47 Å². The summed E-state index contributed by atoms with van der Waals surface area (Å²) < 4.78 is 11.0. The molecule has 0 radical (unpaired) electrons. The minimum atomic E-state index is -1.39. The molecule has 0 aromatic heterocycles. The summed E-state index contributed by atoms with van der Waals surface area (Å²) in [5.74, 6) is 0. The van der Waals surface area contributed by atoms with Gasteiger partial charge in [-0.05, 0) is 13.3 Å². The third kappa shape index (κ3) is 3.66. The average molecular weight is 337 g/mol. The number of aliphatic hydroxyl groups is 5. The maximum absolute atomic E-state index is 10.1. The molecule has 1 saturated carbocycles. The highest BCUT2D eigenvalue weighted by Crippen LogP contribution is 2.28. The van der Waals surface area contributed by atoms with E-state index in [4.69, 9.17) is 26.7 Å². The number of hydrogen-bond donors (Lipinski definition) is 8. The summed E-state index contributed by atoms with van der Waals surface area (Å²) in [6.45, 7) is 1.39. The summed E-state index contributed by atoms with van der Waals surface area (Å²) in [7, 11) is 0. The normalized spacial score (nSPS) is 53.1. The molecule has 10 nitrogen and oxygen atoms in total. The molecule has 1 aliphatic heterocycles. The first-order chi connectivity index (χ1) is 10.6. The van der Waals surface area contributed by atoms with E-state index in [0.717, 1.165) is 0 Å². The Hall–Kier alpha value is -0.400. The molecule has 1 aliphatic carbocycles. The van der Waals surface area contributed by atoms with Gasteiger partial charge >= 0.3 is 0 Å². The zero-order valence-electron chi connectivity index (χ0n) is 12.8. The summed E-state index contributed by atoms with van der Waals surface area (Å²) in [4.78, 5) is 0. The van der Waals surface area contributed by atoms with E-state index in [2.05, 4.69) is 0 Å². The Labute approximate surface area is 133 Å². The Morgan fingerprint density at radius 1 is 0.957 bits per heavy atom. The van der Waals surface area contributed by atoms with E-state index >= 15 is 0 Å². The number of hydrogen-bond acceptors (Lipinski definition) is 10. The Bertz CT molecular complexity index is 402. The molecule has 1 saturated heterocycles. The minimum absolute atomic E-state index is 0.218. The van der Waals surface area contributed by atoms with E-state index in [1.165, 1.54) is 6.92 Å². The average Bonchev–Trinajstić information content (AvgIpc) is 2.48. The largest absolute Gasteiger partial charge is 0.391 e. The van der Waals surface area contributed by atoms with Gasteiger partial charge in [-0.1, -0.05) is 0 Å². The van der Waals surface area contributed by atoms with Crippen molar-refractivity contribution in [3.05, 3.63) is 0 Å². The van der Waals surface area contributed by atoms with Crippen molar-refractivity contribution >= 4 is 0 Å². The fraction of sp³-hybridized carbons (Fsp3) is 1.00. The van der Waals surface area contributed by atoms with Crippen LogP contribution in [0.3, 0.4) is 0 Å². The van der Waals surface area contributed by atoms with Crippen LogP contribution >= 0.6 is 0 Å². The van der Waals surface area contributed by atoms with Crippen molar-refractivity contribution in [2.45, 2.75) is 80.5 Å². The van der Waals surface area contributed by atoms with Crippen molar-refractivity contribution in [3.8, 4) is 0 Å². The topological polar surface area (TPSA) is 198 Å². The van der Waals surface area contributed by atoms with Crippen LogP contribution in [0.2, 0.25) is 0 Å². The second-order valence-electron chi connectivity index (χ2n) is 6.41. The van der Waals surface area contributed by atoms with Crippen molar-refractivity contribution in [2.75, 3.05) is 0 Å². The number of aliphatic hydroxyl groups excluding tert-OH is 5. The summed E-state index contributed by atoms with van der Waals surface area (Å²) in [6, 6.07) is -2.47. The van der Waals surface area contributed by atoms with Gasteiger partial charge in [-0.25, -0.2) is 0 Å². The van der Waals surface area contributed by atoms with Gasteiger partial charge in [0.2, 0.25) is 0 Å². The smallest absolute Gasteiger partial charge is 0.176 e. The Morgan fingerprint density at radius 3 is 2.13 bits per heavy atom. The maximum atomic E-state index is 10.1. The molecule has 0 spiro atoms. The highest BCUT2D eigenvalue weighted by atomic mass is 16.7. The highest BCUT2D eigenvalue weighted by Gasteiger charge is 2.49. The Morgan fingerprint density at radius 2 is 1.57 bits per heavy atom. The highest BCUT2D eigenvalue weighted by molar-refractivity contribution is 4.99. The zero-order chi connectivity index (χ0) is 17.5. The third-order valence-electron chi connectivity index (χ3n) is 4.54. The molecular formula is C13H27N3O7. The molecule has 1 heterocycles. The van der Waals surface area contributed by atoms with E-state index in [1.54, 1.807) is 0 Å². The fourth-order valence-corrected chi connectivity index (χ4v) is 3.06. The standard InChI is InChI=1S/C13H27N3O7/c1-3(17)11-10(21)8(19)6(16)13(22-11)23-12-5(15)2-4(14)7(18)9(12)20/h3-13,17-21H,2,14-16H2,1H3/t3?,4-,5?,6?,7-,8-,9?,10+,11?,12-,13-/m1/s1. The molecule has 23 heavy (non-hydrogen) atoms. The van der Waals surface area contributed by atoms with Crippen molar-refractivity contribution in [3.63, 3.8) is 0 Å². The molecule has 0 amide bonds. The molecule has 0 bridgehead atoms. The molecule has 0 aromatic carbocycles. The lowest BCUT2D eigenvalue weighted by molar-refractivity contribution is -0.301. The van der Waals surface area contributed by atoms with Crippen LogP contribution < -0.4 is 17.2 Å². The van der Waals surface area contributed by atoms with E-state index in [0.29, 0.717) is 0 Å². The summed E-state index contributed by atoms with van der Waals surface area (Å²) in [5.41, 5.74) is 17.4. The second-order valence-corrected chi connectivity index (χ2v) is 6.41. The number of ether oxygens (including phenoxy) is 2. The second kappa shape index (κ2) is 7.23. The summed E-state index contributed by atoms with van der Waals surface area (Å²) in [5, 5.41) is 49.4. The van der Waals surface area contributed by atoms with Gasteiger partial charge < -0.3 is 52.2 Å². The fourth-order valence-electron chi connectivity index (χ4n) is 3.06. The predicted molar refractivity (Wildman–Crippen MR) is 77.8 cm³/mol. The van der Waals surface area contributed by atoms with Gasteiger partial charge in [0.1, 0.15) is 30.5 Å². The Kier molecular flexibility index (Phi) is 5.95. The maximum Gasteiger partial charge on any atom is 0.176 e. The molecule has 0 aromatic rings. The van der Waals surface area contributed by atoms with Crippen LogP contribution in [-0.4, -0.2) is 92.7 Å². The summed E-state index contributed by atoms with van der Waals surface area (Å²) in [6.07, 6.45) is -9.55. The van der Waals surface area contributed by atoms with Gasteiger partial charge in [0, 0.05) is 12.1 Å². The number of nitrogens with two attached hydrogens (primary N) is 3. The van der Waals surface area contributed by atoms with Crippen LogP contribution in [0, 0.1) is 0 Å². The van der Waals surface area contributed by atoms with Crippen LogP contribution in [0.5, 0.6) is 0 Å². The van der Waals surface area contributed by atoms with Crippen molar-refractivity contribution in [1.29, 1.82) is 0 Å². The first kappa shape index (κ1) is 18.9. The van der Waals surface area contributed by atoms with Crippen molar-refractivity contribution in [2.24, 2.45) is 17.2 Å².